The summed E-state index contributed by atoms with van der Waals surface area (Å²) < 4.78 is 1.88. The number of para-hydroxylation sites is 1. The maximum atomic E-state index is 14.0. The van der Waals surface area contributed by atoms with E-state index in [9.17, 15) is 4.79 Å². The molecule has 7 rings (SSSR count). The number of benzene rings is 6. The summed E-state index contributed by atoms with van der Waals surface area (Å²) >= 11 is 0. The molecule has 0 aliphatic rings. The number of nitrogens with zero attached hydrogens (tertiary/aromatic N) is 1. The molecule has 1 heterocycles. The maximum Gasteiger partial charge on any atom is 0.263 e. The topological polar surface area (TPSA) is 22.0 Å². The molecule has 6 aromatic carbocycles. The molecule has 42 heavy (non-hydrogen) atoms. The number of pyridine rings is 1. The molecule has 0 saturated heterocycles. The van der Waals surface area contributed by atoms with E-state index in [1.54, 1.807) is 0 Å². The van der Waals surface area contributed by atoms with Gasteiger partial charge in [-0.3, -0.25) is 9.36 Å². The van der Waals surface area contributed by atoms with Gasteiger partial charge in [-0.2, -0.15) is 0 Å². The Morgan fingerprint density at radius 1 is 0.548 bits per heavy atom. The van der Waals surface area contributed by atoms with E-state index in [2.05, 4.69) is 117 Å². The number of hydrogen-bond donors (Lipinski definition) is 0. The zero-order chi connectivity index (χ0) is 28.6. The van der Waals surface area contributed by atoms with Crippen molar-refractivity contribution in [3.63, 3.8) is 0 Å². The van der Waals surface area contributed by atoms with Gasteiger partial charge in [-0.25, -0.2) is 0 Å². The van der Waals surface area contributed by atoms with Crippen molar-refractivity contribution in [2.24, 2.45) is 0 Å². The fraction of sp³-hybridized carbons (Fsp3) is 0.0750. The van der Waals surface area contributed by atoms with Crippen LogP contribution in [0, 0.1) is 6.92 Å². The Labute approximate surface area is 246 Å². The van der Waals surface area contributed by atoms with Gasteiger partial charge < -0.3 is 0 Å². The molecule has 0 spiro atoms. The second-order valence-electron chi connectivity index (χ2n) is 11.0. The summed E-state index contributed by atoms with van der Waals surface area (Å²) in [5.74, 6) is 0.0735. The average molecular weight is 542 g/mol. The highest BCUT2D eigenvalue weighted by atomic mass is 16.1. The van der Waals surface area contributed by atoms with Gasteiger partial charge in [-0.15, -0.1) is 0 Å². The van der Waals surface area contributed by atoms with E-state index in [1.165, 1.54) is 33.4 Å². The lowest BCUT2D eigenvalue weighted by molar-refractivity contribution is 0.932. The average Bonchev–Trinajstić information content (AvgIpc) is 3.05. The largest absolute Gasteiger partial charge is 0.276 e. The molecule has 2 heteroatoms. The zero-order valence-corrected chi connectivity index (χ0v) is 23.8. The third-order valence-electron chi connectivity index (χ3n) is 8.42. The van der Waals surface area contributed by atoms with Crippen LogP contribution < -0.4 is 5.56 Å². The van der Waals surface area contributed by atoms with Crippen LogP contribution in [0.3, 0.4) is 0 Å². The van der Waals surface area contributed by atoms with Crippen LogP contribution in [0.2, 0.25) is 0 Å². The van der Waals surface area contributed by atoms with E-state index < -0.39 is 0 Å². The predicted octanol–water partition coefficient (Wildman–Crippen LogP) is 9.94. The summed E-state index contributed by atoms with van der Waals surface area (Å²) in [6.45, 7) is 4.40. The number of rotatable bonds is 5. The normalized spacial score (nSPS) is 12.0. The fourth-order valence-corrected chi connectivity index (χ4v) is 6.29. The number of fused-ring (bicyclic) bond motifs is 3. The molecular formula is C40H31NO. The molecule has 1 atom stereocenters. The highest BCUT2D eigenvalue weighted by molar-refractivity contribution is 6.10. The minimum absolute atomic E-state index is 0.00893. The van der Waals surface area contributed by atoms with E-state index in [4.69, 9.17) is 0 Å². The first-order chi connectivity index (χ1) is 20.6. The van der Waals surface area contributed by atoms with Crippen LogP contribution in [-0.4, -0.2) is 4.57 Å². The lowest BCUT2D eigenvalue weighted by Gasteiger charge is -2.22. The van der Waals surface area contributed by atoms with Crippen LogP contribution in [0.4, 0.5) is 0 Å². The second kappa shape index (κ2) is 10.6. The van der Waals surface area contributed by atoms with Gasteiger partial charge in [0.05, 0.1) is 5.52 Å². The number of aryl methyl sites for hydroxylation is 1. The predicted molar refractivity (Wildman–Crippen MR) is 177 cm³/mol. The highest BCUT2D eigenvalue weighted by Gasteiger charge is 2.20. The van der Waals surface area contributed by atoms with Crippen LogP contribution in [0.5, 0.6) is 0 Å². The minimum Gasteiger partial charge on any atom is -0.276 e. The molecule has 0 aliphatic carbocycles. The lowest BCUT2D eigenvalue weighted by Crippen LogP contribution is -2.20. The molecule has 202 valence electrons. The van der Waals surface area contributed by atoms with Gasteiger partial charge in [0.2, 0.25) is 0 Å². The smallest absolute Gasteiger partial charge is 0.263 e. The maximum absolute atomic E-state index is 14.0. The Morgan fingerprint density at radius 3 is 1.74 bits per heavy atom. The van der Waals surface area contributed by atoms with E-state index in [-0.39, 0.29) is 11.5 Å². The van der Waals surface area contributed by atoms with Crippen molar-refractivity contribution < 1.29 is 0 Å². The first-order valence-electron chi connectivity index (χ1n) is 14.5. The van der Waals surface area contributed by atoms with Gasteiger partial charge >= 0.3 is 0 Å². The molecule has 0 aliphatic heterocycles. The molecule has 0 radical (unpaired) electrons. The number of aromatic nitrogens is 1. The Hall–Kier alpha value is -5.21. The van der Waals surface area contributed by atoms with Crippen molar-refractivity contribution >= 4 is 21.7 Å². The summed E-state index contributed by atoms with van der Waals surface area (Å²) in [6, 6.07) is 50.6. The van der Waals surface area contributed by atoms with Crippen LogP contribution in [0.15, 0.2) is 150 Å². The first-order valence-corrected chi connectivity index (χ1v) is 14.5. The van der Waals surface area contributed by atoms with Gasteiger partial charge in [0.1, 0.15) is 0 Å². The Kier molecular flexibility index (Phi) is 6.52. The SMILES string of the molecule is Cc1cccc2c(=O)n(-c3ccccc3)c3cccc(C(C)c4cc(-c5ccccc5)cc(-c5ccccc5)c4)c3c12. The highest BCUT2D eigenvalue weighted by Crippen LogP contribution is 2.39. The second-order valence-corrected chi connectivity index (χ2v) is 11.0. The fourth-order valence-electron chi connectivity index (χ4n) is 6.29. The quantitative estimate of drug-likeness (QED) is 0.199. The molecule has 7 aromatic rings. The Balaban J connectivity index is 1.52. The summed E-state index contributed by atoms with van der Waals surface area (Å²) in [5.41, 5.74) is 10.1. The van der Waals surface area contributed by atoms with Crippen molar-refractivity contribution in [2.45, 2.75) is 19.8 Å². The van der Waals surface area contributed by atoms with Gasteiger partial charge in [0, 0.05) is 22.4 Å². The van der Waals surface area contributed by atoms with E-state index in [0.717, 1.165) is 32.9 Å². The standard InChI is InChI=1S/C40H31NO/c1-27-14-12-22-36-38(27)39-35(21-13-23-37(39)41(40(36)42)34-19-10-5-11-20-34)28(2)31-24-32(29-15-6-3-7-16-29)26-33(25-31)30-17-8-4-9-18-30/h3-26,28H,1-2H3. The molecule has 2 nitrogen and oxygen atoms in total. The zero-order valence-electron chi connectivity index (χ0n) is 23.8. The van der Waals surface area contributed by atoms with Crippen molar-refractivity contribution in [2.75, 3.05) is 0 Å². The molecule has 0 bridgehead atoms. The van der Waals surface area contributed by atoms with E-state index >= 15 is 0 Å². The molecule has 0 saturated carbocycles. The molecule has 0 fully saturated rings. The van der Waals surface area contributed by atoms with Crippen LogP contribution in [-0.2, 0) is 0 Å². The summed E-state index contributed by atoms with van der Waals surface area (Å²) in [4.78, 5) is 14.0. The Morgan fingerprint density at radius 2 is 1.12 bits per heavy atom. The van der Waals surface area contributed by atoms with Crippen molar-refractivity contribution in [3.8, 4) is 27.9 Å². The third kappa shape index (κ3) is 4.42. The van der Waals surface area contributed by atoms with Gasteiger partial charge in [-0.05, 0) is 81.6 Å². The van der Waals surface area contributed by atoms with Gasteiger partial charge in [0.15, 0.2) is 0 Å². The van der Waals surface area contributed by atoms with Crippen LogP contribution >= 0.6 is 0 Å². The molecular weight excluding hydrogens is 510 g/mol. The van der Waals surface area contributed by atoms with E-state index in [0.29, 0.717) is 0 Å². The minimum atomic E-state index is 0.00893. The molecule has 1 unspecified atom stereocenters. The lowest BCUT2D eigenvalue weighted by atomic mass is 9.85. The van der Waals surface area contributed by atoms with Gasteiger partial charge in [0.25, 0.3) is 5.56 Å². The van der Waals surface area contributed by atoms with E-state index in [1.807, 2.05) is 47.0 Å². The molecule has 0 amide bonds. The van der Waals surface area contributed by atoms with Gasteiger partial charge in [-0.1, -0.05) is 122 Å². The van der Waals surface area contributed by atoms with Crippen LogP contribution in [0.25, 0.3) is 49.6 Å². The molecule has 1 aromatic heterocycles. The number of hydrogen-bond acceptors (Lipinski definition) is 1. The summed E-state index contributed by atoms with van der Waals surface area (Å²) in [7, 11) is 0. The monoisotopic (exact) mass is 541 g/mol. The van der Waals surface area contributed by atoms with Crippen molar-refractivity contribution in [3.05, 3.63) is 173 Å². The van der Waals surface area contributed by atoms with Crippen LogP contribution in [0.1, 0.15) is 29.5 Å². The molecule has 0 N–H and O–H groups in total. The first kappa shape index (κ1) is 25.7. The summed E-state index contributed by atoms with van der Waals surface area (Å²) in [6.07, 6.45) is 0. The van der Waals surface area contributed by atoms with Crippen molar-refractivity contribution in [1.29, 1.82) is 0 Å². The third-order valence-corrected chi connectivity index (χ3v) is 8.42. The Bertz CT molecular complexity index is 2050. The summed E-state index contributed by atoms with van der Waals surface area (Å²) in [5, 5.41) is 2.91. The van der Waals surface area contributed by atoms with Crippen molar-refractivity contribution in [1.82, 2.24) is 4.57 Å².